The second-order valence-corrected chi connectivity index (χ2v) is 5.30. The highest BCUT2D eigenvalue weighted by atomic mass is 14.3. The van der Waals surface area contributed by atoms with Gasteiger partial charge in [0.2, 0.25) is 0 Å². The van der Waals surface area contributed by atoms with Crippen molar-refractivity contribution in [2.24, 2.45) is 5.41 Å². The summed E-state index contributed by atoms with van der Waals surface area (Å²) in [5, 5.41) is 0. The number of benzene rings is 2. The van der Waals surface area contributed by atoms with E-state index in [4.69, 9.17) is 0 Å². The summed E-state index contributed by atoms with van der Waals surface area (Å²) in [4.78, 5) is 0. The van der Waals surface area contributed by atoms with E-state index in [-0.39, 0.29) is 5.41 Å². The molecule has 0 bridgehead atoms. The lowest BCUT2D eigenvalue weighted by Crippen LogP contribution is -2.16. The van der Waals surface area contributed by atoms with E-state index in [0.717, 1.165) is 17.6 Å². The summed E-state index contributed by atoms with van der Waals surface area (Å²) in [7, 11) is 0. The van der Waals surface area contributed by atoms with Crippen molar-refractivity contribution in [3.05, 3.63) is 78.4 Å². The SMILES string of the molecule is C=C(c1[c]cccc1)C(C)(C)Cc1ccccc1. The maximum atomic E-state index is 4.26. The molecule has 0 heterocycles. The summed E-state index contributed by atoms with van der Waals surface area (Å²) in [6, 6.07) is 21.9. The lowest BCUT2D eigenvalue weighted by Gasteiger charge is -2.27. The second-order valence-electron chi connectivity index (χ2n) is 5.30. The van der Waals surface area contributed by atoms with Crippen LogP contribution in [0.3, 0.4) is 0 Å². The third kappa shape index (κ3) is 2.89. The quantitative estimate of drug-likeness (QED) is 0.716. The first-order valence-electron chi connectivity index (χ1n) is 6.30. The van der Waals surface area contributed by atoms with Gasteiger partial charge in [-0.2, -0.15) is 0 Å². The highest BCUT2D eigenvalue weighted by Gasteiger charge is 2.23. The van der Waals surface area contributed by atoms with Gasteiger partial charge in [0.15, 0.2) is 0 Å². The Hall–Kier alpha value is -1.82. The number of allylic oxidation sites excluding steroid dienone is 1. The molecule has 0 atom stereocenters. The van der Waals surface area contributed by atoms with E-state index < -0.39 is 0 Å². The molecule has 2 aromatic carbocycles. The Morgan fingerprint density at radius 3 is 2.33 bits per heavy atom. The number of hydrogen-bond donors (Lipinski definition) is 0. The van der Waals surface area contributed by atoms with Crippen LogP contribution in [0, 0.1) is 11.5 Å². The molecule has 0 saturated carbocycles. The van der Waals surface area contributed by atoms with Crippen molar-refractivity contribution in [1.82, 2.24) is 0 Å². The van der Waals surface area contributed by atoms with Crippen molar-refractivity contribution in [3.63, 3.8) is 0 Å². The standard InChI is InChI=1S/C18H19/c1-15(17-12-8-5-9-13-17)18(2,3)14-16-10-6-4-7-11-16/h4-12H,1,14H2,2-3H3. The smallest absolute Gasteiger partial charge is 0.00629 e. The lowest BCUT2D eigenvalue weighted by molar-refractivity contribution is 0.499. The normalized spacial score (nSPS) is 11.2. The molecule has 91 valence electrons. The van der Waals surface area contributed by atoms with E-state index in [2.05, 4.69) is 62.9 Å². The van der Waals surface area contributed by atoms with Crippen molar-refractivity contribution >= 4 is 5.57 Å². The molecule has 2 aromatic rings. The minimum Gasteiger partial charge on any atom is -0.0947 e. The Balaban J connectivity index is 2.19. The summed E-state index contributed by atoms with van der Waals surface area (Å²) in [5.74, 6) is 0. The fourth-order valence-corrected chi connectivity index (χ4v) is 2.16. The van der Waals surface area contributed by atoms with Crippen molar-refractivity contribution in [3.8, 4) is 0 Å². The summed E-state index contributed by atoms with van der Waals surface area (Å²) in [5.41, 5.74) is 3.64. The maximum Gasteiger partial charge on any atom is -0.00629 e. The van der Waals surface area contributed by atoms with E-state index in [1.165, 1.54) is 5.56 Å². The van der Waals surface area contributed by atoms with Gasteiger partial charge in [-0.25, -0.2) is 0 Å². The monoisotopic (exact) mass is 235 g/mol. The van der Waals surface area contributed by atoms with Crippen LogP contribution in [-0.2, 0) is 6.42 Å². The van der Waals surface area contributed by atoms with E-state index in [9.17, 15) is 0 Å². The molecule has 0 aromatic heterocycles. The first-order valence-corrected chi connectivity index (χ1v) is 6.30. The van der Waals surface area contributed by atoms with Crippen LogP contribution in [0.2, 0.25) is 0 Å². The molecule has 18 heavy (non-hydrogen) atoms. The van der Waals surface area contributed by atoms with Gasteiger partial charge in [0.1, 0.15) is 0 Å². The van der Waals surface area contributed by atoms with Crippen molar-refractivity contribution < 1.29 is 0 Å². The minimum atomic E-state index is 0.0409. The zero-order chi connectivity index (χ0) is 13.0. The average molecular weight is 235 g/mol. The van der Waals surface area contributed by atoms with Crippen LogP contribution in [0.5, 0.6) is 0 Å². The van der Waals surface area contributed by atoms with Crippen molar-refractivity contribution in [2.45, 2.75) is 20.3 Å². The van der Waals surface area contributed by atoms with Crippen LogP contribution in [-0.4, -0.2) is 0 Å². The van der Waals surface area contributed by atoms with Gasteiger partial charge in [-0.05, 0) is 34.6 Å². The van der Waals surface area contributed by atoms with E-state index in [1.807, 2.05) is 18.2 Å². The molecule has 0 aliphatic heterocycles. The fraction of sp³-hybridized carbons (Fsp3) is 0.222. The van der Waals surface area contributed by atoms with Crippen LogP contribution in [0.1, 0.15) is 25.0 Å². The first kappa shape index (κ1) is 12.6. The molecule has 0 N–H and O–H groups in total. The molecule has 2 rings (SSSR count). The van der Waals surface area contributed by atoms with Gasteiger partial charge in [0.05, 0.1) is 0 Å². The number of rotatable bonds is 4. The molecule has 0 amide bonds. The Labute approximate surface area is 110 Å². The Morgan fingerprint density at radius 2 is 1.72 bits per heavy atom. The Kier molecular flexibility index (Phi) is 3.66. The molecule has 0 unspecified atom stereocenters. The van der Waals surface area contributed by atoms with E-state index >= 15 is 0 Å². The Morgan fingerprint density at radius 1 is 1.06 bits per heavy atom. The highest BCUT2D eigenvalue weighted by molar-refractivity contribution is 5.67. The molecule has 0 fully saturated rings. The third-order valence-corrected chi connectivity index (χ3v) is 3.34. The summed E-state index contributed by atoms with van der Waals surface area (Å²) in [6.45, 7) is 8.74. The second kappa shape index (κ2) is 5.22. The Bertz CT molecular complexity index is 506. The summed E-state index contributed by atoms with van der Waals surface area (Å²) >= 11 is 0. The zero-order valence-electron chi connectivity index (χ0n) is 11.1. The fourth-order valence-electron chi connectivity index (χ4n) is 2.16. The minimum absolute atomic E-state index is 0.0409. The van der Waals surface area contributed by atoms with Crippen LogP contribution >= 0.6 is 0 Å². The molecule has 0 spiro atoms. The van der Waals surface area contributed by atoms with Crippen LogP contribution in [0.4, 0.5) is 0 Å². The molecule has 1 radical (unpaired) electrons. The summed E-state index contributed by atoms with van der Waals surface area (Å²) < 4.78 is 0. The van der Waals surface area contributed by atoms with Crippen molar-refractivity contribution in [1.29, 1.82) is 0 Å². The van der Waals surface area contributed by atoms with Gasteiger partial charge in [0, 0.05) is 0 Å². The first-order chi connectivity index (χ1) is 8.59. The maximum absolute atomic E-state index is 4.26. The highest BCUT2D eigenvalue weighted by Crippen LogP contribution is 2.35. The number of hydrogen-bond acceptors (Lipinski definition) is 0. The predicted octanol–water partition coefficient (Wildman–Crippen LogP) is 4.77. The molecular weight excluding hydrogens is 216 g/mol. The molecular formula is C18H19. The van der Waals surface area contributed by atoms with Gasteiger partial charge >= 0.3 is 0 Å². The van der Waals surface area contributed by atoms with Gasteiger partial charge in [-0.3, -0.25) is 0 Å². The predicted molar refractivity (Wildman–Crippen MR) is 78.2 cm³/mol. The molecule has 0 aliphatic rings. The van der Waals surface area contributed by atoms with Crippen LogP contribution in [0.15, 0.2) is 61.2 Å². The van der Waals surface area contributed by atoms with Gasteiger partial charge in [0.25, 0.3) is 0 Å². The van der Waals surface area contributed by atoms with E-state index in [0.29, 0.717) is 0 Å². The third-order valence-electron chi connectivity index (χ3n) is 3.34. The largest absolute Gasteiger partial charge is 0.0947 e. The summed E-state index contributed by atoms with van der Waals surface area (Å²) in [6.07, 6.45) is 0.995. The van der Waals surface area contributed by atoms with Gasteiger partial charge in [-0.15, -0.1) is 0 Å². The molecule has 0 aliphatic carbocycles. The van der Waals surface area contributed by atoms with Crippen LogP contribution in [0.25, 0.3) is 5.57 Å². The zero-order valence-corrected chi connectivity index (χ0v) is 11.1. The lowest BCUT2D eigenvalue weighted by atomic mass is 9.76. The van der Waals surface area contributed by atoms with Crippen molar-refractivity contribution in [2.75, 3.05) is 0 Å². The molecule has 0 heteroatoms. The molecule has 0 nitrogen and oxygen atoms in total. The van der Waals surface area contributed by atoms with Gasteiger partial charge in [-0.1, -0.05) is 75.0 Å². The molecule has 0 saturated heterocycles. The van der Waals surface area contributed by atoms with E-state index in [1.54, 1.807) is 0 Å². The van der Waals surface area contributed by atoms with Gasteiger partial charge < -0.3 is 0 Å². The topological polar surface area (TPSA) is 0 Å². The average Bonchev–Trinajstić information content (AvgIpc) is 2.39. The van der Waals surface area contributed by atoms with Crippen LogP contribution < -0.4 is 0 Å².